The molecule has 4 heteroatoms. The van der Waals surface area contributed by atoms with Crippen LogP contribution in [0.1, 0.15) is 30.2 Å². The first-order valence-corrected chi connectivity index (χ1v) is 7.14. The summed E-state index contributed by atoms with van der Waals surface area (Å²) in [6.07, 6.45) is 1.94. The first kappa shape index (κ1) is 14.8. The number of hydrogen-bond donors (Lipinski definition) is 1. The van der Waals surface area contributed by atoms with E-state index in [9.17, 15) is 0 Å². The molecule has 0 spiro atoms. The number of nitrogens with two attached hydrogens (primary N) is 1. The molecule has 2 N–H and O–H groups in total. The molecule has 0 aliphatic rings. The van der Waals surface area contributed by atoms with E-state index in [2.05, 4.69) is 11.9 Å². The summed E-state index contributed by atoms with van der Waals surface area (Å²) < 4.78 is 5.82. The molecular weight excluding hydrogens is 272 g/mol. The molecule has 2 rings (SSSR count). The van der Waals surface area contributed by atoms with Crippen LogP contribution < -0.4 is 10.5 Å². The largest absolute Gasteiger partial charge is 0.437 e. The van der Waals surface area contributed by atoms with Crippen LogP contribution in [-0.2, 0) is 13.0 Å². The first-order chi connectivity index (χ1) is 9.62. The SMILES string of the molecule is CCCc1cc(CN)cc(Oc2cc(C)ccc2Cl)n1. The average molecular weight is 291 g/mol. The van der Waals surface area contributed by atoms with E-state index >= 15 is 0 Å². The van der Waals surface area contributed by atoms with E-state index in [4.69, 9.17) is 22.1 Å². The number of rotatable bonds is 5. The van der Waals surface area contributed by atoms with Crippen LogP contribution in [0.25, 0.3) is 0 Å². The molecule has 0 aliphatic heterocycles. The lowest BCUT2D eigenvalue weighted by Crippen LogP contribution is -2.01. The zero-order chi connectivity index (χ0) is 14.5. The molecule has 0 saturated carbocycles. The fourth-order valence-electron chi connectivity index (χ4n) is 1.98. The van der Waals surface area contributed by atoms with Crippen molar-refractivity contribution < 1.29 is 4.74 Å². The molecule has 0 unspecified atom stereocenters. The number of ether oxygens (including phenoxy) is 1. The molecule has 1 aromatic heterocycles. The highest BCUT2D eigenvalue weighted by Gasteiger charge is 2.07. The molecule has 3 nitrogen and oxygen atoms in total. The summed E-state index contributed by atoms with van der Waals surface area (Å²) in [4.78, 5) is 4.50. The predicted molar refractivity (Wildman–Crippen MR) is 82.4 cm³/mol. The molecule has 0 aliphatic carbocycles. The first-order valence-electron chi connectivity index (χ1n) is 6.76. The number of aryl methyl sites for hydroxylation is 2. The lowest BCUT2D eigenvalue weighted by Gasteiger charge is -2.10. The Bertz CT molecular complexity index is 599. The van der Waals surface area contributed by atoms with Crippen molar-refractivity contribution in [1.82, 2.24) is 4.98 Å². The molecule has 0 amide bonds. The van der Waals surface area contributed by atoms with Crippen LogP contribution in [0.2, 0.25) is 5.02 Å². The highest BCUT2D eigenvalue weighted by atomic mass is 35.5. The zero-order valence-electron chi connectivity index (χ0n) is 11.8. The topological polar surface area (TPSA) is 48.1 Å². The second-order valence-electron chi connectivity index (χ2n) is 4.80. The van der Waals surface area contributed by atoms with Gasteiger partial charge in [0.2, 0.25) is 5.88 Å². The van der Waals surface area contributed by atoms with Crippen LogP contribution in [0.5, 0.6) is 11.6 Å². The van der Waals surface area contributed by atoms with E-state index in [-0.39, 0.29) is 0 Å². The Morgan fingerprint density at radius 2 is 2.05 bits per heavy atom. The zero-order valence-corrected chi connectivity index (χ0v) is 12.6. The summed E-state index contributed by atoms with van der Waals surface area (Å²) in [7, 11) is 0. The summed E-state index contributed by atoms with van der Waals surface area (Å²) in [5.41, 5.74) is 8.82. The van der Waals surface area contributed by atoms with Gasteiger partial charge in [-0.3, -0.25) is 0 Å². The highest BCUT2D eigenvalue weighted by molar-refractivity contribution is 6.32. The molecule has 0 radical (unpaired) electrons. The second kappa shape index (κ2) is 6.73. The summed E-state index contributed by atoms with van der Waals surface area (Å²) in [5, 5.41) is 0.576. The number of aromatic nitrogens is 1. The average Bonchev–Trinajstić information content (AvgIpc) is 2.43. The third-order valence-electron chi connectivity index (χ3n) is 2.96. The number of hydrogen-bond acceptors (Lipinski definition) is 3. The van der Waals surface area contributed by atoms with Gasteiger partial charge in [-0.15, -0.1) is 0 Å². The van der Waals surface area contributed by atoms with E-state index in [0.717, 1.165) is 29.7 Å². The van der Waals surface area contributed by atoms with Crippen molar-refractivity contribution in [2.45, 2.75) is 33.2 Å². The van der Waals surface area contributed by atoms with Crippen molar-refractivity contribution in [2.75, 3.05) is 0 Å². The van der Waals surface area contributed by atoms with Gasteiger partial charge >= 0.3 is 0 Å². The minimum absolute atomic E-state index is 0.469. The molecule has 2 aromatic rings. The van der Waals surface area contributed by atoms with Crippen LogP contribution in [0.4, 0.5) is 0 Å². The Hall–Kier alpha value is -1.58. The van der Waals surface area contributed by atoms with E-state index < -0.39 is 0 Å². The molecular formula is C16H19ClN2O. The minimum Gasteiger partial charge on any atom is -0.437 e. The van der Waals surface area contributed by atoms with Gasteiger partial charge in [0.25, 0.3) is 0 Å². The van der Waals surface area contributed by atoms with E-state index in [1.807, 2.05) is 37.3 Å². The monoisotopic (exact) mass is 290 g/mol. The molecule has 1 heterocycles. The van der Waals surface area contributed by atoms with Gasteiger partial charge in [0.05, 0.1) is 5.02 Å². The molecule has 20 heavy (non-hydrogen) atoms. The molecule has 0 fully saturated rings. The van der Waals surface area contributed by atoms with Crippen molar-refractivity contribution >= 4 is 11.6 Å². The highest BCUT2D eigenvalue weighted by Crippen LogP contribution is 2.30. The van der Waals surface area contributed by atoms with Gasteiger partial charge in [-0.05, 0) is 42.7 Å². The smallest absolute Gasteiger partial charge is 0.219 e. The van der Waals surface area contributed by atoms with Crippen LogP contribution in [-0.4, -0.2) is 4.98 Å². The standard InChI is InChI=1S/C16H19ClN2O/c1-3-4-13-8-12(10-18)9-16(19-13)20-15-7-11(2)5-6-14(15)17/h5-9H,3-4,10,18H2,1-2H3. The van der Waals surface area contributed by atoms with E-state index in [0.29, 0.717) is 23.2 Å². The number of halogens is 1. The van der Waals surface area contributed by atoms with Crippen molar-refractivity contribution in [2.24, 2.45) is 5.73 Å². The van der Waals surface area contributed by atoms with Crippen LogP contribution >= 0.6 is 11.6 Å². The van der Waals surface area contributed by atoms with Crippen molar-refractivity contribution in [3.05, 3.63) is 52.2 Å². The second-order valence-corrected chi connectivity index (χ2v) is 5.20. The van der Waals surface area contributed by atoms with E-state index in [1.165, 1.54) is 0 Å². The van der Waals surface area contributed by atoms with Crippen molar-refractivity contribution in [3.8, 4) is 11.6 Å². The Morgan fingerprint density at radius 1 is 1.25 bits per heavy atom. The van der Waals surface area contributed by atoms with Crippen molar-refractivity contribution in [1.29, 1.82) is 0 Å². The maximum absolute atomic E-state index is 6.14. The lowest BCUT2D eigenvalue weighted by molar-refractivity contribution is 0.459. The summed E-state index contributed by atoms with van der Waals surface area (Å²) in [5.74, 6) is 1.17. The van der Waals surface area contributed by atoms with Crippen molar-refractivity contribution in [3.63, 3.8) is 0 Å². The van der Waals surface area contributed by atoms with Crippen LogP contribution in [0, 0.1) is 6.92 Å². The molecule has 106 valence electrons. The Balaban J connectivity index is 2.32. The molecule has 0 saturated heterocycles. The molecule has 0 atom stereocenters. The number of benzene rings is 1. The van der Waals surface area contributed by atoms with Crippen LogP contribution in [0.15, 0.2) is 30.3 Å². The van der Waals surface area contributed by atoms with Gasteiger partial charge in [-0.2, -0.15) is 0 Å². The fraction of sp³-hybridized carbons (Fsp3) is 0.312. The van der Waals surface area contributed by atoms with Gasteiger partial charge in [0.1, 0.15) is 5.75 Å². The molecule has 1 aromatic carbocycles. The van der Waals surface area contributed by atoms with Gasteiger partial charge in [-0.25, -0.2) is 4.98 Å². The van der Waals surface area contributed by atoms with Gasteiger partial charge in [0, 0.05) is 18.3 Å². The number of nitrogens with zero attached hydrogens (tertiary/aromatic N) is 1. The third-order valence-corrected chi connectivity index (χ3v) is 3.27. The Labute approximate surface area is 124 Å². The third kappa shape index (κ3) is 3.71. The normalized spacial score (nSPS) is 10.6. The van der Waals surface area contributed by atoms with Gasteiger partial charge in [-0.1, -0.05) is 31.0 Å². The molecule has 0 bridgehead atoms. The summed E-state index contributed by atoms with van der Waals surface area (Å²) >= 11 is 6.14. The lowest BCUT2D eigenvalue weighted by atomic mass is 10.1. The maximum Gasteiger partial charge on any atom is 0.219 e. The van der Waals surface area contributed by atoms with E-state index in [1.54, 1.807) is 0 Å². The van der Waals surface area contributed by atoms with Gasteiger partial charge < -0.3 is 10.5 Å². The fourth-order valence-corrected chi connectivity index (χ4v) is 2.13. The quantitative estimate of drug-likeness (QED) is 0.895. The number of pyridine rings is 1. The summed E-state index contributed by atoms with van der Waals surface area (Å²) in [6.45, 7) is 4.58. The van der Waals surface area contributed by atoms with Crippen LogP contribution in [0.3, 0.4) is 0 Å². The predicted octanol–water partition coefficient (Wildman–Crippen LogP) is 4.25. The Morgan fingerprint density at radius 3 is 2.75 bits per heavy atom. The summed E-state index contributed by atoms with van der Waals surface area (Å²) in [6, 6.07) is 9.55. The van der Waals surface area contributed by atoms with Gasteiger partial charge in [0.15, 0.2) is 0 Å². The maximum atomic E-state index is 6.14. The minimum atomic E-state index is 0.469. The Kier molecular flexibility index (Phi) is 4.99.